The molecule has 6 nitrogen and oxygen atoms in total. The van der Waals surface area contributed by atoms with Crippen molar-refractivity contribution in [2.24, 2.45) is 0 Å². The smallest absolute Gasteiger partial charge is 0.243 e. The van der Waals surface area contributed by atoms with Crippen molar-refractivity contribution < 1.29 is 9.53 Å². The highest BCUT2D eigenvalue weighted by Gasteiger charge is 2.27. The van der Waals surface area contributed by atoms with Crippen molar-refractivity contribution >= 4 is 28.7 Å². The number of benzene rings is 1. The Hall–Kier alpha value is -2.54. The Kier molecular flexibility index (Phi) is 6.57. The monoisotopic (exact) mass is 424 g/mol. The van der Waals surface area contributed by atoms with E-state index in [2.05, 4.69) is 33.9 Å². The van der Waals surface area contributed by atoms with Crippen molar-refractivity contribution in [1.82, 2.24) is 19.9 Å². The molecule has 158 valence electrons. The van der Waals surface area contributed by atoms with E-state index < -0.39 is 0 Å². The Bertz CT molecular complexity index is 996. The fourth-order valence-corrected chi connectivity index (χ4v) is 5.06. The highest BCUT2D eigenvalue weighted by molar-refractivity contribution is 7.98. The Labute approximate surface area is 181 Å². The number of hydrogen-bond acceptors (Lipinski definition) is 5. The molecule has 2 heterocycles. The van der Waals surface area contributed by atoms with E-state index in [1.54, 1.807) is 25.1 Å². The van der Waals surface area contributed by atoms with Gasteiger partial charge < -0.3 is 14.6 Å². The van der Waals surface area contributed by atoms with Gasteiger partial charge in [0.15, 0.2) is 5.16 Å². The molecule has 30 heavy (non-hydrogen) atoms. The fourth-order valence-electron chi connectivity index (χ4n) is 4.04. The third kappa shape index (κ3) is 4.46. The summed E-state index contributed by atoms with van der Waals surface area (Å²) in [6, 6.07) is 9.96. The molecule has 1 aliphatic carbocycles. The van der Waals surface area contributed by atoms with Crippen LogP contribution in [-0.4, -0.2) is 33.6 Å². The summed E-state index contributed by atoms with van der Waals surface area (Å²) in [5, 5.41) is 4.11. The zero-order valence-corrected chi connectivity index (χ0v) is 18.3. The summed E-state index contributed by atoms with van der Waals surface area (Å²) in [4.78, 5) is 22.3. The molecular formula is C23H28N4O2S. The van der Waals surface area contributed by atoms with Gasteiger partial charge in [-0.3, -0.25) is 9.78 Å². The minimum absolute atomic E-state index is 0.0823. The number of aromatic nitrogens is 3. The van der Waals surface area contributed by atoms with E-state index >= 15 is 0 Å². The minimum atomic E-state index is -0.293. The molecule has 1 N–H and O–H groups in total. The maximum Gasteiger partial charge on any atom is 0.243 e. The number of methoxy groups -OCH3 is 1. The molecule has 2 aromatic heterocycles. The number of carbonyl (C=O) groups is 1. The molecule has 1 fully saturated rings. The maximum atomic E-state index is 13.2. The van der Waals surface area contributed by atoms with Gasteiger partial charge >= 0.3 is 0 Å². The second-order valence-corrected chi connectivity index (χ2v) is 8.62. The summed E-state index contributed by atoms with van der Waals surface area (Å²) in [5.41, 5.74) is 2.96. The first-order valence-corrected chi connectivity index (χ1v) is 11.6. The lowest BCUT2D eigenvalue weighted by molar-refractivity contribution is -0.125. The molecule has 1 amide bonds. The number of nitrogens with zero attached hydrogens (tertiary/aromatic N) is 3. The van der Waals surface area contributed by atoms with Crippen molar-refractivity contribution in [2.45, 2.75) is 62.0 Å². The third-order valence-electron chi connectivity index (χ3n) is 5.69. The summed E-state index contributed by atoms with van der Waals surface area (Å²) in [5.74, 6) is 1.69. The summed E-state index contributed by atoms with van der Waals surface area (Å²) in [7, 11) is 1.67. The Balaban J connectivity index is 1.60. The van der Waals surface area contributed by atoms with Crippen LogP contribution in [0.5, 0.6) is 5.75 Å². The third-order valence-corrected chi connectivity index (χ3v) is 6.71. The number of amides is 1. The average Bonchev–Trinajstić information content (AvgIpc) is 3.41. The van der Waals surface area contributed by atoms with Crippen LogP contribution < -0.4 is 10.1 Å². The molecule has 0 saturated heterocycles. The molecule has 7 heteroatoms. The number of thioether (sulfide) groups is 1. The molecule has 0 radical (unpaired) electrons. The van der Waals surface area contributed by atoms with Crippen LogP contribution in [0.1, 0.15) is 50.6 Å². The van der Waals surface area contributed by atoms with Crippen molar-refractivity contribution in [3.8, 4) is 5.75 Å². The molecule has 1 aliphatic rings. The lowest BCUT2D eigenvalue weighted by Gasteiger charge is -2.22. The second-order valence-electron chi connectivity index (χ2n) is 7.68. The van der Waals surface area contributed by atoms with Gasteiger partial charge in [0, 0.05) is 18.0 Å². The first-order chi connectivity index (χ1) is 14.7. The Morgan fingerprint density at radius 2 is 2.03 bits per heavy atom. The second kappa shape index (κ2) is 9.51. The Morgan fingerprint density at radius 1 is 1.27 bits per heavy atom. The zero-order valence-electron chi connectivity index (χ0n) is 17.5. The van der Waals surface area contributed by atoms with Crippen LogP contribution in [0.25, 0.3) is 11.0 Å². The lowest BCUT2D eigenvalue weighted by Crippen LogP contribution is -2.38. The zero-order chi connectivity index (χ0) is 20.9. The highest BCUT2D eigenvalue weighted by Crippen LogP contribution is 2.31. The fraction of sp³-hybridized carbons (Fsp3) is 0.435. The van der Waals surface area contributed by atoms with Gasteiger partial charge in [-0.1, -0.05) is 43.7 Å². The van der Waals surface area contributed by atoms with E-state index in [9.17, 15) is 4.79 Å². The van der Waals surface area contributed by atoms with Crippen LogP contribution in [0.2, 0.25) is 0 Å². The van der Waals surface area contributed by atoms with Gasteiger partial charge in [-0.2, -0.15) is 0 Å². The van der Waals surface area contributed by atoms with Crippen molar-refractivity contribution in [3.63, 3.8) is 0 Å². The number of carbonyl (C=O) groups excluding carboxylic acids is 1. The first-order valence-electron chi connectivity index (χ1n) is 10.6. The molecule has 1 saturated carbocycles. The molecule has 1 unspecified atom stereocenters. The van der Waals surface area contributed by atoms with Crippen LogP contribution in [0.15, 0.2) is 47.9 Å². The SMILES string of the molecule is CCC(C(=O)NC1CCCC1)n1c(SCc2ccc(OC)cc2)nc2ccncc21. The molecule has 0 aliphatic heterocycles. The van der Waals surface area contributed by atoms with E-state index in [-0.39, 0.29) is 11.9 Å². The van der Waals surface area contributed by atoms with Gasteiger partial charge in [0.2, 0.25) is 5.91 Å². The van der Waals surface area contributed by atoms with E-state index in [1.165, 1.54) is 18.4 Å². The lowest BCUT2D eigenvalue weighted by atomic mass is 10.1. The van der Waals surface area contributed by atoms with Crippen molar-refractivity contribution in [3.05, 3.63) is 48.3 Å². The quantitative estimate of drug-likeness (QED) is 0.529. The molecule has 0 bridgehead atoms. The van der Waals surface area contributed by atoms with E-state index in [0.29, 0.717) is 12.5 Å². The predicted molar refractivity (Wildman–Crippen MR) is 120 cm³/mol. The summed E-state index contributed by atoms with van der Waals surface area (Å²) in [6.07, 6.45) is 8.81. The minimum Gasteiger partial charge on any atom is -0.497 e. The van der Waals surface area contributed by atoms with Gasteiger partial charge in [0.25, 0.3) is 0 Å². The average molecular weight is 425 g/mol. The molecule has 1 atom stereocenters. The number of fused-ring (bicyclic) bond motifs is 1. The predicted octanol–water partition coefficient (Wildman–Crippen LogP) is 4.74. The van der Waals surface area contributed by atoms with Crippen LogP contribution in [0.4, 0.5) is 0 Å². The van der Waals surface area contributed by atoms with E-state index in [0.717, 1.165) is 40.5 Å². The van der Waals surface area contributed by atoms with Gasteiger partial charge in [0.1, 0.15) is 11.8 Å². The number of imidazole rings is 1. The van der Waals surface area contributed by atoms with Crippen molar-refractivity contribution in [1.29, 1.82) is 0 Å². The molecule has 1 aromatic carbocycles. The van der Waals surface area contributed by atoms with Gasteiger partial charge in [-0.25, -0.2) is 4.98 Å². The van der Waals surface area contributed by atoms with Crippen LogP contribution in [0, 0.1) is 0 Å². The summed E-state index contributed by atoms with van der Waals surface area (Å²) < 4.78 is 7.31. The molecule has 3 aromatic rings. The number of nitrogens with one attached hydrogen (secondary N) is 1. The number of hydrogen-bond donors (Lipinski definition) is 1. The van der Waals surface area contributed by atoms with Crippen LogP contribution in [-0.2, 0) is 10.5 Å². The first kappa shape index (κ1) is 20.7. The number of rotatable bonds is 8. The standard InChI is InChI=1S/C23H28N4O2S/c1-3-20(22(28)25-17-6-4-5-7-17)27-21-14-24-13-12-19(21)26-23(27)30-15-16-8-10-18(29-2)11-9-16/h8-14,17,20H,3-7,15H2,1-2H3,(H,25,28). The van der Waals surface area contributed by atoms with Crippen molar-refractivity contribution in [2.75, 3.05) is 7.11 Å². The normalized spacial score (nSPS) is 15.4. The van der Waals surface area contributed by atoms with Crippen LogP contribution in [0.3, 0.4) is 0 Å². The molecule has 4 rings (SSSR count). The van der Waals surface area contributed by atoms with Gasteiger partial charge in [0.05, 0.1) is 24.3 Å². The largest absolute Gasteiger partial charge is 0.497 e. The topological polar surface area (TPSA) is 69.0 Å². The van der Waals surface area contributed by atoms with Gasteiger partial charge in [-0.05, 0) is 43.0 Å². The van der Waals surface area contributed by atoms with Gasteiger partial charge in [-0.15, -0.1) is 0 Å². The van der Waals surface area contributed by atoms with Crippen LogP contribution >= 0.6 is 11.8 Å². The van der Waals surface area contributed by atoms with E-state index in [1.807, 2.05) is 24.4 Å². The molecular weight excluding hydrogens is 396 g/mol. The number of pyridine rings is 1. The number of ether oxygens (including phenoxy) is 1. The summed E-state index contributed by atoms with van der Waals surface area (Å²) >= 11 is 1.65. The molecule has 0 spiro atoms. The van der Waals surface area contributed by atoms with E-state index in [4.69, 9.17) is 9.72 Å². The highest BCUT2D eigenvalue weighted by atomic mass is 32.2. The maximum absolute atomic E-state index is 13.2. The Morgan fingerprint density at radius 3 is 2.73 bits per heavy atom. The summed E-state index contributed by atoms with van der Waals surface area (Å²) in [6.45, 7) is 2.05.